The quantitative estimate of drug-likeness (QED) is 0.833. The van der Waals surface area contributed by atoms with Crippen molar-refractivity contribution in [3.8, 4) is 0 Å². The van der Waals surface area contributed by atoms with Crippen LogP contribution in [0.2, 0.25) is 0 Å². The molecule has 2 aromatic heterocycles. The van der Waals surface area contributed by atoms with E-state index in [1.54, 1.807) is 24.9 Å². The maximum Gasteiger partial charge on any atom is 0.274 e. The average molecular weight is 325 g/mol. The summed E-state index contributed by atoms with van der Waals surface area (Å²) in [5, 5.41) is 0. The second kappa shape index (κ2) is 6.24. The van der Waals surface area contributed by atoms with Crippen LogP contribution in [0.5, 0.6) is 0 Å². The molecule has 4 heterocycles. The maximum atomic E-state index is 12.6. The van der Waals surface area contributed by atoms with Crippen LogP contribution in [0.4, 0.5) is 0 Å². The zero-order valence-electron chi connectivity index (χ0n) is 13.5. The van der Waals surface area contributed by atoms with Crippen molar-refractivity contribution in [3.05, 3.63) is 48.1 Å². The number of carbonyl (C=O) groups is 1. The van der Waals surface area contributed by atoms with Gasteiger partial charge in [-0.3, -0.25) is 9.78 Å². The maximum absolute atomic E-state index is 12.6. The highest BCUT2D eigenvalue weighted by Gasteiger charge is 2.41. The van der Waals surface area contributed by atoms with Crippen LogP contribution < -0.4 is 0 Å². The van der Waals surface area contributed by atoms with E-state index >= 15 is 0 Å². The molecular weight excluding hydrogens is 306 g/mol. The summed E-state index contributed by atoms with van der Waals surface area (Å²) >= 11 is 0. The molecule has 2 aromatic rings. The number of likely N-dealkylation sites (tertiary alicyclic amines) is 1. The van der Waals surface area contributed by atoms with E-state index in [-0.39, 0.29) is 18.1 Å². The van der Waals surface area contributed by atoms with Crippen LogP contribution in [0.25, 0.3) is 0 Å². The third kappa shape index (κ3) is 2.87. The normalized spacial score (nSPS) is 26.2. The van der Waals surface area contributed by atoms with Gasteiger partial charge in [-0.15, -0.1) is 0 Å². The molecule has 2 saturated heterocycles. The molecule has 2 aliphatic heterocycles. The third-order valence-electron chi connectivity index (χ3n) is 4.77. The summed E-state index contributed by atoms with van der Waals surface area (Å²) in [7, 11) is 0. The van der Waals surface area contributed by atoms with Crippen molar-refractivity contribution in [2.24, 2.45) is 5.92 Å². The van der Waals surface area contributed by atoms with Gasteiger partial charge in [0.05, 0.1) is 23.7 Å². The summed E-state index contributed by atoms with van der Waals surface area (Å²) in [6.45, 7) is 3.18. The lowest BCUT2D eigenvalue weighted by molar-refractivity contribution is -0.00582. The average Bonchev–Trinajstić information content (AvgIpc) is 3.06. The van der Waals surface area contributed by atoms with Crippen molar-refractivity contribution < 1.29 is 9.53 Å². The molecule has 0 N–H and O–H groups in total. The topological polar surface area (TPSA) is 81.1 Å². The standard InChI is InChI=1S/C17H19N5O2/c1-11-7-20-14(8-19-11)17(23)22-5-3-12-6-15(24-16(12)9-22)13-2-4-18-10-21-13/h2,4,7-8,10,12,15-16H,3,5-6,9H2,1H3/t12-,15+,16+/m0/s1. The molecule has 24 heavy (non-hydrogen) atoms. The van der Waals surface area contributed by atoms with Crippen molar-refractivity contribution in [1.82, 2.24) is 24.8 Å². The van der Waals surface area contributed by atoms with Gasteiger partial charge < -0.3 is 9.64 Å². The number of aryl methyl sites for hydroxylation is 1. The monoisotopic (exact) mass is 325 g/mol. The Hall–Kier alpha value is -2.41. The van der Waals surface area contributed by atoms with E-state index in [0.29, 0.717) is 18.2 Å². The first-order chi connectivity index (χ1) is 11.7. The number of rotatable bonds is 2. The van der Waals surface area contributed by atoms with Crippen molar-refractivity contribution in [3.63, 3.8) is 0 Å². The fourth-order valence-corrected chi connectivity index (χ4v) is 3.46. The lowest BCUT2D eigenvalue weighted by Crippen LogP contribution is -2.45. The van der Waals surface area contributed by atoms with Crippen LogP contribution in [0.1, 0.15) is 40.8 Å². The Morgan fingerprint density at radius 1 is 1.29 bits per heavy atom. The Labute approximate surface area is 140 Å². The number of hydrogen-bond donors (Lipinski definition) is 0. The van der Waals surface area contributed by atoms with Gasteiger partial charge in [0, 0.05) is 25.5 Å². The number of nitrogens with zero attached hydrogens (tertiary/aromatic N) is 5. The Morgan fingerprint density at radius 2 is 2.21 bits per heavy atom. The minimum Gasteiger partial charge on any atom is -0.367 e. The van der Waals surface area contributed by atoms with Gasteiger partial charge >= 0.3 is 0 Å². The predicted molar refractivity (Wildman–Crippen MR) is 85.0 cm³/mol. The first-order valence-corrected chi connectivity index (χ1v) is 8.20. The Kier molecular flexibility index (Phi) is 3.93. The molecular formula is C17H19N5O2. The van der Waals surface area contributed by atoms with Crippen LogP contribution in [-0.4, -0.2) is 49.9 Å². The molecule has 2 aliphatic rings. The van der Waals surface area contributed by atoms with Gasteiger partial charge in [-0.2, -0.15) is 0 Å². The number of aromatic nitrogens is 4. The van der Waals surface area contributed by atoms with E-state index in [9.17, 15) is 4.79 Å². The molecule has 0 bridgehead atoms. The van der Waals surface area contributed by atoms with Crippen LogP contribution in [0.3, 0.4) is 0 Å². The van der Waals surface area contributed by atoms with Crippen molar-refractivity contribution >= 4 is 5.91 Å². The predicted octanol–water partition coefficient (Wildman–Crippen LogP) is 1.57. The van der Waals surface area contributed by atoms with Crippen molar-refractivity contribution in [2.75, 3.05) is 13.1 Å². The molecule has 1 amide bonds. The molecule has 124 valence electrons. The minimum absolute atomic E-state index is 0.00258. The molecule has 0 radical (unpaired) electrons. The van der Waals surface area contributed by atoms with Crippen LogP contribution in [0.15, 0.2) is 31.0 Å². The second-order valence-electron chi connectivity index (χ2n) is 6.38. The molecule has 7 nitrogen and oxygen atoms in total. The lowest BCUT2D eigenvalue weighted by Gasteiger charge is -2.33. The highest BCUT2D eigenvalue weighted by atomic mass is 16.5. The van der Waals surface area contributed by atoms with E-state index in [4.69, 9.17) is 4.74 Å². The largest absolute Gasteiger partial charge is 0.367 e. The van der Waals surface area contributed by atoms with Crippen molar-refractivity contribution in [1.29, 1.82) is 0 Å². The summed E-state index contributed by atoms with van der Waals surface area (Å²) < 4.78 is 6.17. The van der Waals surface area contributed by atoms with E-state index in [2.05, 4.69) is 19.9 Å². The Bertz CT molecular complexity index is 722. The fraction of sp³-hybridized carbons (Fsp3) is 0.471. The summed E-state index contributed by atoms with van der Waals surface area (Å²) in [5.41, 5.74) is 2.11. The van der Waals surface area contributed by atoms with Crippen LogP contribution in [0, 0.1) is 12.8 Å². The highest BCUT2D eigenvalue weighted by molar-refractivity contribution is 5.92. The molecule has 0 saturated carbocycles. The lowest BCUT2D eigenvalue weighted by atomic mass is 9.91. The Balaban J connectivity index is 1.44. The molecule has 0 aromatic carbocycles. The Morgan fingerprint density at radius 3 is 2.96 bits per heavy atom. The first kappa shape index (κ1) is 15.1. The number of amides is 1. The molecule has 0 unspecified atom stereocenters. The summed E-state index contributed by atoms with van der Waals surface area (Å²) in [4.78, 5) is 31.0. The number of carbonyl (C=O) groups excluding carboxylic acids is 1. The third-order valence-corrected chi connectivity index (χ3v) is 4.77. The van der Waals surface area contributed by atoms with Gasteiger partial charge in [-0.1, -0.05) is 0 Å². The molecule has 4 rings (SSSR count). The van der Waals surface area contributed by atoms with Gasteiger partial charge in [0.2, 0.25) is 0 Å². The first-order valence-electron chi connectivity index (χ1n) is 8.20. The van der Waals surface area contributed by atoms with E-state index in [1.807, 2.05) is 17.9 Å². The summed E-state index contributed by atoms with van der Waals surface area (Å²) in [5.74, 6) is 0.396. The van der Waals surface area contributed by atoms with Gasteiger partial charge in [0.15, 0.2) is 0 Å². The van der Waals surface area contributed by atoms with Gasteiger partial charge in [-0.25, -0.2) is 15.0 Å². The molecule has 7 heteroatoms. The van der Waals surface area contributed by atoms with Crippen molar-refractivity contribution in [2.45, 2.75) is 32.0 Å². The highest BCUT2D eigenvalue weighted by Crippen LogP contribution is 2.40. The molecule has 0 aliphatic carbocycles. The summed E-state index contributed by atoms with van der Waals surface area (Å²) in [6, 6.07) is 1.90. The zero-order valence-corrected chi connectivity index (χ0v) is 13.5. The van der Waals surface area contributed by atoms with E-state index in [0.717, 1.165) is 30.8 Å². The second-order valence-corrected chi connectivity index (χ2v) is 6.38. The molecule has 3 atom stereocenters. The number of fused-ring (bicyclic) bond motifs is 1. The zero-order chi connectivity index (χ0) is 16.5. The van der Waals surface area contributed by atoms with Crippen LogP contribution >= 0.6 is 0 Å². The van der Waals surface area contributed by atoms with Gasteiger partial charge in [0.25, 0.3) is 5.91 Å². The number of ether oxygens (including phenoxy) is 1. The number of piperidine rings is 1. The van der Waals surface area contributed by atoms with Gasteiger partial charge in [0.1, 0.15) is 18.1 Å². The summed E-state index contributed by atoms with van der Waals surface area (Å²) in [6.07, 6.45) is 8.40. The van der Waals surface area contributed by atoms with Crippen LogP contribution in [-0.2, 0) is 4.74 Å². The fourth-order valence-electron chi connectivity index (χ4n) is 3.46. The molecule has 0 spiro atoms. The van der Waals surface area contributed by atoms with E-state index in [1.165, 1.54) is 0 Å². The smallest absolute Gasteiger partial charge is 0.274 e. The molecule has 2 fully saturated rings. The number of hydrogen-bond acceptors (Lipinski definition) is 6. The minimum atomic E-state index is -0.0740. The van der Waals surface area contributed by atoms with E-state index < -0.39 is 0 Å². The van der Waals surface area contributed by atoms with Gasteiger partial charge in [-0.05, 0) is 31.7 Å². The SMILES string of the molecule is Cc1cnc(C(=O)N2CC[C@H]3C[C@H](c4ccncn4)O[C@@H]3C2)cn1.